The van der Waals surface area contributed by atoms with E-state index in [-0.39, 0.29) is 16.7 Å². The van der Waals surface area contributed by atoms with E-state index in [2.05, 4.69) is 20.8 Å². The molecule has 0 saturated heterocycles. The van der Waals surface area contributed by atoms with Gasteiger partial charge in [0.05, 0.1) is 11.0 Å². The van der Waals surface area contributed by atoms with Gasteiger partial charge in [-0.25, -0.2) is 4.21 Å². The highest BCUT2D eigenvalue weighted by Crippen LogP contribution is 2.36. The number of nitrogens with zero attached hydrogens (tertiary/aromatic N) is 1. The summed E-state index contributed by atoms with van der Waals surface area (Å²) in [5.41, 5.74) is -0.147. The van der Waals surface area contributed by atoms with Crippen LogP contribution in [-0.2, 0) is 15.3 Å². The van der Waals surface area contributed by atoms with Crippen LogP contribution in [0, 0.1) is 27.9 Å². The highest BCUT2D eigenvalue weighted by Gasteiger charge is 2.34. The van der Waals surface area contributed by atoms with Crippen LogP contribution in [-0.4, -0.2) is 15.2 Å². The van der Waals surface area contributed by atoms with Crippen LogP contribution in [0.4, 0.5) is 5.69 Å². The minimum absolute atomic E-state index is 0.107. The summed E-state index contributed by atoms with van der Waals surface area (Å²) in [6, 6.07) is 6.08. The molecule has 0 radical (unpaired) electrons. The van der Waals surface area contributed by atoms with Gasteiger partial charge in [-0.15, -0.1) is 0 Å². The zero-order valence-electron chi connectivity index (χ0n) is 13.2. The summed E-state index contributed by atoms with van der Waals surface area (Å²) in [6.07, 6.45) is 2.96. The van der Waals surface area contributed by atoms with E-state index < -0.39 is 16.0 Å². The van der Waals surface area contributed by atoms with E-state index in [1.54, 1.807) is 12.1 Å². The SMILES string of the molecule is CC(C)[C@@H]1CC[C@@H](C)C[C@H]1O[S@](=O)c1ccccc1[N+](=O)[O-]. The maximum Gasteiger partial charge on any atom is 0.287 e. The average molecular weight is 325 g/mol. The minimum Gasteiger partial charge on any atom is -0.283 e. The first-order chi connectivity index (χ1) is 10.4. The third-order valence-electron chi connectivity index (χ3n) is 4.41. The fraction of sp³-hybridized carbons (Fsp3) is 0.625. The molecule has 0 N–H and O–H groups in total. The fourth-order valence-electron chi connectivity index (χ4n) is 3.14. The first kappa shape index (κ1) is 17.1. The molecule has 5 nitrogen and oxygen atoms in total. The molecule has 1 saturated carbocycles. The molecule has 1 aliphatic rings. The molecule has 6 heteroatoms. The van der Waals surface area contributed by atoms with Gasteiger partial charge in [-0.3, -0.25) is 14.3 Å². The molecule has 0 aliphatic heterocycles. The van der Waals surface area contributed by atoms with Crippen LogP contribution in [0.25, 0.3) is 0 Å². The highest BCUT2D eigenvalue weighted by molar-refractivity contribution is 7.80. The van der Waals surface area contributed by atoms with Crippen molar-refractivity contribution in [1.82, 2.24) is 0 Å². The summed E-state index contributed by atoms with van der Waals surface area (Å²) in [6.45, 7) is 6.45. The number of benzene rings is 1. The summed E-state index contributed by atoms with van der Waals surface area (Å²) < 4.78 is 18.3. The Balaban J connectivity index is 2.18. The van der Waals surface area contributed by atoms with Crippen LogP contribution in [0.2, 0.25) is 0 Å². The van der Waals surface area contributed by atoms with Gasteiger partial charge in [0, 0.05) is 6.07 Å². The smallest absolute Gasteiger partial charge is 0.283 e. The second-order valence-corrected chi connectivity index (χ2v) is 7.52. The Morgan fingerprint density at radius 1 is 1.32 bits per heavy atom. The molecule has 122 valence electrons. The van der Waals surface area contributed by atoms with E-state index >= 15 is 0 Å². The van der Waals surface area contributed by atoms with Crippen molar-refractivity contribution in [2.75, 3.05) is 0 Å². The zero-order chi connectivity index (χ0) is 16.3. The van der Waals surface area contributed by atoms with Gasteiger partial charge in [0.15, 0.2) is 11.1 Å². The predicted octanol–water partition coefficient (Wildman–Crippen LogP) is 4.09. The monoisotopic (exact) mass is 325 g/mol. The molecule has 0 heterocycles. The molecule has 0 unspecified atom stereocenters. The molecular weight excluding hydrogens is 302 g/mol. The normalized spacial score (nSPS) is 26.8. The lowest BCUT2D eigenvalue weighted by atomic mass is 9.75. The number of rotatable bonds is 5. The quantitative estimate of drug-likeness (QED) is 0.604. The average Bonchev–Trinajstić information content (AvgIpc) is 2.46. The van der Waals surface area contributed by atoms with Gasteiger partial charge in [0.1, 0.15) is 4.90 Å². The summed E-state index contributed by atoms with van der Waals surface area (Å²) >= 11 is -1.81. The molecule has 1 aromatic rings. The van der Waals surface area contributed by atoms with E-state index in [0.29, 0.717) is 17.8 Å². The van der Waals surface area contributed by atoms with Crippen LogP contribution >= 0.6 is 0 Å². The second-order valence-electron chi connectivity index (χ2n) is 6.42. The third kappa shape index (κ3) is 3.93. The van der Waals surface area contributed by atoms with Crippen molar-refractivity contribution < 1.29 is 13.3 Å². The van der Waals surface area contributed by atoms with Gasteiger partial charge in [0.25, 0.3) is 5.69 Å². The minimum atomic E-state index is -1.81. The summed E-state index contributed by atoms with van der Waals surface area (Å²) in [4.78, 5) is 10.7. The van der Waals surface area contributed by atoms with Crippen molar-refractivity contribution in [2.24, 2.45) is 17.8 Å². The second kappa shape index (κ2) is 7.33. The van der Waals surface area contributed by atoms with E-state index in [0.717, 1.165) is 19.3 Å². The Morgan fingerprint density at radius 2 is 2.00 bits per heavy atom. The molecule has 0 bridgehead atoms. The van der Waals surface area contributed by atoms with Gasteiger partial charge in [0.2, 0.25) is 0 Å². The molecule has 4 atom stereocenters. The zero-order valence-corrected chi connectivity index (χ0v) is 14.0. The van der Waals surface area contributed by atoms with Crippen LogP contribution in [0.15, 0.2) is 29.2 Å². The van der Waals surface area contributed by atoms with Crippen LogP contribution < -0.4 is 0 Å². The van der Waals surface area contributed by atoms with Gasteiger partial charge in [-0.1, -0.05) is 39.3 Å². The first-order valence-electron chi connectivity index (χ1n) is 7.72. The molecule has 0 aromatic heterocycles. The van der Waals surface area contributed by atoms with E-state index in [1.807, 2.05) is 0 Å². The molecule has 1 fully saturated rings. The van der Waals surface area contributed by atoms with Crippen molar-refractivity contribution in [3.8, 4) is 0 Å². The van der Waals surface area contributed by atoms with Crippen molar-refractivity contribution in [3.63, 3.8) is 0 Å². The van der Waals surface area contributed by atoms with Crippen molar-refractivity contribution in [2.45, 2.75) is 51.0 Å². The topological polar surface area (TPSA) is 69.4 Å². The number of para-hydroxylation sites is 1. The van der Waals surface area contributed by atoms with Crippen LogP contribution in [0.1, 0.15) is 40.0 Å². The summed E-state index contributed by atoms with van der Waals surface area (Å²) in [5.74, 6) is 1.32. The molecule has 22 heavy (non-hydrogen) atoms. The predicted molar refractivity (Wildman–Crippen MR) is 85.7 cm³/mol. The van der Waals surface area contributed by atoms with E-state index in [1.165, 1.54) is 12.1 Å². The van der Waals surface area contributed by atoms with Gasteiger partial charge < -0.3 is 0 Å². The number of nitro benzene ring substituents is 1. The van der Waals surface area contributed by atoms with Crippen molar-refractivity contribution >= 4 is 16.8 Å². The maximum absolute atomic E-state index is 12.5. The Labute approximate surface area is 133 Å². The van der Waals surface area contributed by atoms with E-state index in [9.17, 15) is 14.3 Å². The molecule has 1 aromatic carbocycles. The lowest BCUT2D eigenvalue weighted by Crippen LogP contribution is -2.34. The highest BCUT2D eigenvalue weighted by atomic mass is 32.2. The lowest BCUT2D eigenvalue weighted by Gasteiger charge is -2.36. The number of hydrogen-bond donors (Lipinski definition) is 0. The van der Waals surface area contributed by atoms with E-state index in [4.69, 9.17) is 4.18 Å². The molecule has 0 amide bonds. The van der Waals surface area contributed by atoms with Gasteiger partial charge in [-0.05, 0) is 36.7 Å². The van der Waals surface area contributed by atoms with Gasteiger partial charge >= 0.3 is 0 Å². The molecule has 2 rings (SSSR count). The first-order valence-corrected chi connectivity index (χ1v) is 8.80. The Hall–Kier alpha value is -1.27. The third-order valence-corrected chi connectivity index (χ3v) is 5.54. The Morgan fingerprint density at radius 3 is 2.64 bits per heavy atom. The van der Waals surface area contributed by atoms with Gasteiger partial charge in [-0.2, -0.15) is 0 Å². The molecular formula is C16H23NO4S. The van der Waals surface area contributed by atoms with Crippen molar-refractivity contribution in [1.29, 1.82) is 0 Å². The lowest BCUT2D eigenvalue weighted by molar-refractivity contribution is -0.387. The largest absolute Gasteiger partial charge is 0.287 e. The van der Waals surface area contributed by atoms with Crippen LogP contribution in [0.3, 0.4) is 0 Å². The van der Waals surface area contributed by atoms with Crippen LogP contribution in [0.5, 0.6) is 0 Å². The number of hydrogen-bond acceptors (Lipinski definition) is 4. The summed E-state index contributed by atoms with van der Waals surface area (Å²) in [5, 5.41) is 11.1. The Kier molecular flexibility index (Phi) is 5.69. The molecule has 1 aliphatic carbocycles. The maximum atomic E-state index is 12.5. The number of nitro groups is 1. The summed E-state index contributed by atoms with van der Waals surface area (Å²) in [7, 11) is 0. The fourth-order valence-corrected chi connectivity index (χ4v) is 4.19. The standard InChI is InChI=1S/C16H23NO4S/c1-11(2)13-9-8-12(3)10-15(13)21-22(20)16-7-5-4-6-14(16)17(18)19/h4-7,11-13,15H,8-10H2,1-3H3/t12-,13+,15-,22+/m1/s1. The molecule has 0 spiro atoms. The van der Waals surface area contributed by atoms with Crippen molar-refractivity contribution in [3.05, 3.63) is 34.4 Å². The Bertz CT molecular complexity index is 561.